The number of carbonyl (C=O) groups is 1. The molecule has 2 aromatic heterocycles. The number of nitrogens with one attached hydrogen (secondary N) is 1. The number of hydrogen-bond donors (Lipinski definition) is 1. The number of halogens is 3. The van der Waals surface area contributed by atoms with Crippen molar-refractivity contribution >= 4 is 11.7 Å². The quantitative estimate of drug-likeness (QED) is 0.930. The molecule has 1 unspecified atom stereocenters. The van der Waals surface area contributed by atoms with Gasteiger partial charge in [-0.15, -0.1) is 0 Å². The van der Waals surface area contributed by atoms with E-state index in [1.807, 2.05) is 0 Å². The Morgan fingerprint density at radius 3 is 2.54 bits per heavy atom. The Morgan fingerprint density at radius 1 is 1.25 bits per heavy atom. The van der Waals surface area contributed by atoms with Crippen LogP contribution in [0.2, 0.25) is 0 Å². The van der Waals surface area contributed by atoms with Gasteiger partial charge in [-0.25, -0.2) is 9.97 Å². The Bertz CT molecular complexity index is 751. The molecule has 0 spiro atoms. The first-order chi connectivity index (χ1) is 11.3. The number of likely N-dealkylation sites (N-methyl/N-ethyl adjacent to an activating group) is 1. The smallest absolute Gasteiger partial charge is 0.365 e. The SMILES string of the molecule is CN1CC(Nc2cc(C(F)(F)F)nc(-c3ccncc3)n2)CC1=O. The second-order valence-corrected chi connectivity index (χ2v) is 5.52. The maximum Gasteiger partial charge on any atom is 0.433 e. The highest BCUT2D eigenvalue weighted by Crippen LogP contribution is 2.31. The third kappa shape index (κ3) is 3.44. The van der Waals surface area contributed by atoms with Crippen LogP contribution in [0.1, 0.15) is 12.1 Å². The third-order valence-corrected chi connectivity index (χ3v) is 3.65. The zero-order chi connectivity index (χ0) is 17.3. The Morgan fingerprint density at radius 2 is 1.96 bits per heavy atom. The van der Waals surface area contributed by atoms with Crippen LogP contribution in [-0.2, 0) is 11.0 Å². The number of anilines is 1. The number of carbonyl (C=O) groups excluding carboxylic acids is 1. The van der Waals surface area contributed by atoms with Crippen LogP contribution in [0, 0.1) is 0 Å². The maximum atomic E-state index is 13.1. The molecule has 1 N–H and O–H groups in total. The standard InChI is InChI=1S/C15H14F3N5O/c1-23-8-10(6-13(23)24)20-12-7-11(15(16,17)18)21-14(22-12)9-2-4-19-5-3-9/h2-5,7,10H,6,8H2,1H3,(H,20,21,22). The lowest BCUT2D eigenvalue weighted by atomic mass is 10.2. The summed E-state index contributed by atoms with van der Waals surface area (Å²) in [5, 5.41) is 2.90. The monoisotopic (exact) mass is 337 g/mol. The van der Waals surface area contributed by atoms with Crippen LogP contribution in [-0.4, -0.2) is 45.4 Å². The first-order valence-electron chi connectivity index (χ1n) is 7.20. The molecule has 0 bridgehead atoms. The fourth-order valence-electron chi connectivity index (χ4n) is 2.47. The lowest BCUT2D eigenvalue weighted by Crippen LogP contribution is -2.25. The summed E-state index contributed by atoms with van der Waals surface area (Å²) in [6, 6.07) is 3.63. The Kier molecular flexibility index (Phi) is 4.08. The van der Waals surface area contributed by atoms with Gasteiger partial charge in [0.2, 0.25) is 5.91 Å². The number of pyridine rings is 1. The highest BCUT2D eigenvalue weighted by molar-refractivity contribution is 5.79. The molecule has 1 amide bonds. The predicted octanol–water partition coefficient (Wildman–Crippen LogP) is 2.20. The van der Waals surface area contributed by atoms with Crippen molar-refractivity contribution in [1.82, 2.24) is 19.9 Å². The molecular weight excluding hydrogens is 323 g/mol. The molecule has 6 nitrogen and oxygen atoms in total. The van der Waals surface area contributed by atoms with Crippen LogP contribution in [0.4, 0.5) is 19.0 Å². The van der Waals surface area contributed by atoms with Crippen molar-refractivity contribution in [2.45, 2.75) is 18.6 Å². The van der Waals surface area contributed by atoms with Gasteiger partial charge in [0, 0.05) is 44.0 Å². The van der Waals surface area contributed by atoms with E-state index in [1.54, 1.807) is 7.05 Å². The normalized spacial score (nSPS) is 18.1. The fraction of sp³-hybridized carbons (Fsp3) is 0.333. The average molecular weight is 337 g/mol. The zero-order valence-corrected chi connectivity index (χ0v) is 12.7. The first kappa shape index (κ1) is 16.2. The molecule has 2 aromatic rings. The molecule has 1 saturated heterocycles. The van der Waals surface area contributed by atoms with E-state index in [2.05, 4.69) is 20.3 Å². The lowest BCUT2D eigenvalue weighted by molar-refractivity contribution is -0.141. The molecule has 1 aliphatic heterocycles. The minimum atomic E-state index is -4.59. The molecule has 1 fully saturated rings. The number of amides is 1. The van der Waals surface area contributed by atoms with Crippen LogP contribution in [0.15, 0.2) is 30.6 Å². The van der Waals surface area contributed by atoms with Gasteiger partial charge in [0.15, 0.2) is 11.5 Å². The summed E-state index contributed by atoms with van der Waals surface area (Å²) in [6.07, 6.45) is -1.47. The van der Waals surface area contributed by atoms with Gasteiger partial charge in [0.25, 0.3) is 0 Å². The van der Waals surface area contributed by atoms with Crippen molar-refractivity contribution in [3.63, 3.8) is 0 Å². The van der Waals surface area contributed by atoms with Gasteiger partial charge in [-0.05, 0) is 12.1 Å². The molecular formula is C15H14F3N5O. The summed E-state index contributed by atoms with van der Waals surface area (Å²) in [7, 11) is 1.65. The van der Waals surface area contributed by atoms with Crippen molar-refractivity contribution in [2.75, 3.05) is 18.9 Å². The molecule has 0 saturated carbocycles. The average Bonchev–Trinajstić information content (AvgIpc) is 2.85. The molecule has 126 valence electrons. The largest absolute Gasteiger partial charge is 0.433 e. The second kappa shape index (κ2) is 6.06. The van der Waals surface area contributed by atoms with Gasteiger partial charge >= 0.3 is 6.18 Å². The highest BCUT2D eigenvalue weighted by atomic mass is 19.4. The topological polar surface area (TPSA) is 71.0 Å². The number of alkyl halides is 3. The third-order valence-electron chi connectivity index (χ3n) is 3.65. The molecule has 0 radical (unpaired) electrons. The summed E-state index contributed by atoms with van der Waals surface area (Å²) in [5.41, 5.74) is -0.608. The second-order valence-electron chi connectivity index (χ2n) is 5.52. The Labute approximate surface area is 135 Å². The van der Waals surface area contributed by atoms with Gasteiger partial charge in [-0.2, -0.15) is 13.2 Å². The van der Waals surface area contributed by atoms with E-state index < -0.39 is 11.9 Å². The van der Waals surface area contributed by atoms with Crippen molar-refractivity contribution in [2.24, 2.45) is 0 Å². The van der Waals surface area contributed by atoms with Gasteiger partial charge in [0.1, 0.15) is 5.82 Å². The van der Waals surface area contributed by atoms with Crippen molar-refractivity contribution in [3.05, 3.63) is 36.3 Å². The van der Waals surface area contributed by atoms with Crippen molar-refractivity contribution < 1.29 is 18.0 Å². The molecule has 3 heterocycles. The van der Waals surface area contributed by atoms with E-state index in [9.17, 15) is 18.0 Å². The summed E-state index contributed by atoms with van der Waals surface area (Å²) in [6.45, 7) is 0.411. The fourth-order valence-corrected chi connectivity index (χ4v) is 2.47. The van der Waals surface area contributed by atoms with Crippen LogP contribution >= 0.6 is 0 Å². The van der Waals surface area contributed by atoms with E-state index in [-0.39, 0.29) is 30.0 Å². The maximum absolute atomic E-state index is 13.1. The van der Waals surface area contributed by atoms with Crippen molar-refractivity contribution in [3.8, 4) is 11.4 Å². The summed E-state index contributed by atoms with van der Waals surface area (Å²) in [5.74, 6) is -0.0726. The van der Waals surface area contributed by atoms with Gasteiger partial charge < -0.3 is 10.2 Å². The van der Waals surface area contributed by atoms with Crippen LogP contribution in [0.5, 0.6) is 0 Å². The van der Waals surface area contributed by atoms with E-state index in [1.165, 1.54) is 29.4 Å². The van der Waals surface area contributed by atoms with Crippen LogP contribution in [0.3, 0.4) is 0 Å². The Hall–Kier alpha value is -2.71. The molecule has 1 atom stereocenters. The minimum absolute atomic E-state index is 0.0391. The summed E-state index contributed by atoms with van der Waals surface area (Å²) >= 11 is 0. The van der Waals surface area contributed by atoms with E-state index in [4.69, 9.17) is 0 Å². The molecule has 9 heteroatoms. The van der Waals surface area contributed by atoms with Crippen molar-refractivity contribution in [1.29, 1.82) is 0 Å². The van der Waals surface area contributed by atoms with Gasteiger partial charge in [-0.3, -0.25) is 9.78 Å². The molecule has 0 aromatic carbocycles. The highest BCUT2D eigenvalue weighted by Gasteiger charge is 2.34. The summed E-state index contributed by atoms with van der Waals surface area (Å²) < 4.78 is 39.3. The molecule has 1 aliphatic rings. The molecule has 24 heavy (non-hydrogen) atoms. The lowest BCUT2D eigenvalue weighted by Gasteiger charge is -2.15. The minimum Gasteiger partial charge on any atom is -0.365 e. The first-order valence-corrected chi connectivity index (χ1v) is 7.20. The molecule has 0 aliphatic carbocycles. The number of aromatic nitrogens is 3. The number of hydrogen-bond acceptors (Lipinski definition) is 5. The number of nitrogens with zero attached hydrogens (tertiary/aromatic N) is 4. The zero-order valence-electron chi connectivity index (χ0n) is 12.7. The summed E-state index contributed by atoms with van der Waals surface area (Å²) in [4.78, 5) is 24.7. The van der Waals surface area contributed by atoms with E-state index in [0.29, 0.717) is 12.1 Å². The van der Waals surface area contributed by atoms with Crippen LogP contribution in [0.25, 0.3) is 11.4 Å². The predicted molar refractivity (Wildman–Crippen MR) is 79.9 cm³/mol. The number of rotatable bonds is 3. The van der Waals surface area contributed by atoms with E-state index in [0.717, 1.165) is 6.07 Å². The van der Waals surface area contributed by atoms with Crippen LogP contribution < -0.4 is 5.32 Å². The van der Waals surface area contributed by atoms with E-state index >= 15 is 0 Å². The Balaban J connectivity index is 1.95. The van der Waals surface area contributed by atoms with Gasteiger partial charge in [0.05, 0.1) is 6.04 Å². The van der Waals surface area contributed by atoms with Gasteiger partial charge in [-0.1, -0.05) is 0 Å². The molecule has 3 rings (SSSR count). The number of likely N-dealkylation sites (tertiary alicyclic amines) is 1.